The van der Waals surface area contributed by atoms with Crippen LogP contribution in [0.4, 0.5) is 8.78 Å². The highest BCUT2D eigenvalue weighted by Crippen LogP contribution is 2.26. The first-order valence-corrected chi connectivity index (χ1v) is 9.20. The molecular formula is C23H19F2N3O. The molecule has 0 bridgehead atoms. The van der Waals surface area contributed by atoms with E-state index in [1.54, 1.807) is 6.20 Å². The minimum absolute atomic E-state index is 0.136. The number of ether oxygens (including phenoxy) is 1. The maximum Gasteiger partial charge on any atom is 0.151 e. The predicted octanol–water partition coefficient (Wildman–Crippen LogP) is 5.24. The van der Waals surface area contributed by atoms with Crippen LogP contribution >= 0.6 is 0 Å². The maximum atomic E-state index is 13.9. The van der Waals surface area contributed by atoms with Crippen LogP contribution in [0.25, 0.3) is 16.8 Å². The van der Waals surface area contributed by atoms with Crippen LogP contribution in [0, 0.1) is 18.6 Å². The molecule has 0 aliphatic heterocycles. The second-order valence-electron chi connectivity index (χ2n) is 6.70. The number of nitrogens with zero attached hydrogens (tertiary/aromatic N) is 3. The quantitative estimate of drug-likeness (QED) is 0.451. The molecule has 0 N–H and O–H groups in total. The Morgan fingerprint density at radius 2 is 1.76 bits per heavy atom. The molecule has 29 heavy (non-hydrogen) atoms. The van der Waals surface area contributed by atoms with Crippen molar-refractivity contribution in [1.82, 2.24) is 15.0 Å². The summed E-state index contributed by atoms with van der Waals surface area (Å²) in [5, 5.41) is 7.90. The van der Waals surface area contributed by atoms with Crippen LogP contribution in [0.15, 0.2) is 72.9 Å². The second kappa shape index (κ2) is 8.32. The van der Waals surface area contributed by atoms with Gasteiger partial charge in [0, 0.05) is 6.07 Å². The fraction of sp³-hybridized carbons (Fsp3) is 0.130. The molecule has 0 spiro atoms. The topological polar surface area (TPSA) is 39.9 Å². The molecule has 3 aromatic carbocycles. The Balaban J connectivity index is 1.43. The van der Waals surface area contributed by atoms with Crippen LogP contribution in [0.1, 0.15) is 16.8 Å². The van der Waals surface area contributed by atoms with E-state index in [1.807, 2.05) is 30.3 Å². The van der Waals surface area contributed by atoms with E-state index in [2.05, 4.69) is 35.4 Å². The molecule has 146 valence electrons. The normalized spacial score (nSPS) is 11.0. The summed E-state index contributed by atoms with van der Waals surface area (Å²) in [6, 6.07) is 19.7. The summed E-state index contributed by atoms with van der Waals surface area (Å²) in [4.78, 5) is 0. The van der Waals surface area contributed by atoms with Gasteiger partial charge < -0.3 is 4.74 Å². The Hall–Kier alpha value is -3.38. The maximum absolute atomic E-state index is 13.9. The number of hydrogen-bond acceptors (Lipinski definition) is 3. The van der Waals surface area contributed by atoms with Gasteiger partial charge >= 0.3 is 0 Å². The van der Waals surface area contributed by atoms with E-state index in [1.165, 1.54) is 22.4 Å². The van der Waals surface area contributed by atoms with Crippen molar-refractivity contribution in [2.45, 2.75) is 20.1 Å². The first kappa shape index (κ1) is 19.0. The molecule has 0 aliphatic rings. The number of hydrogen-bond donors (Lipinski definition) is 0. The highest BCUT2D eigenvalue weighted by atomic mass is 19.1. The third kappa shape index (κ3) is 4.22. The summed E-state index contributed by atoms with van der Waals surface area (Å²) in [7, 11) is 0. The third-order valence-electron chi connectivity index (χ3n) is 4.74. The van der Waals surface area contributed by atoms with Crippen molar-refractivity contribution >= 4 is 0 Å². The number of benzene rings is 3. The van der Waals surface area contributed by atoms with Crippen LogP contribution < -0.4 is 0 Å². The zero-order valence-corrected chi connectivity index (χ0v) is 15.8. The SMILES string of the molecule is Cc1c(COCc2cn(-c3ccc(F)cc3F)nn2)cccc1-c1ccccc1. The van der Waals surface area contributed by atoms with Gasteiger partial charge in [-0.05, 0) is 41.3 Å². The summed E-state index contributed by atoms with van der Waals surface area (Å²) in [6.45, 7) is 2.73. The third-order valence-corrected chi connectivity index (χ3v) is 4.74. The van der Waals surface area contributed by atoms with E-state index in [0.29, 0.717) is 12.3 Å². The van der Waals surface area contributed by atoms with Gasteiger partial charge in [0.1, 0.15) is 17.2 Å². The summed E-state index contributed by atoms with van der Waals surface area (Å²) in [6.07, 6.45) is 1.57. The number of halogens is 2. The Morgan fingerprint density at radius 1 is 0.931 bits per heavy atom. The monoisotopic (exact) mass is 391 g/mol. The van der Waals surface area contributed by atoms with Crippen molar-refractivity contribution in [2.24, 2.45) is 0 Å². The molecule has 0 saturated carbocycles. The average molecular weight is 391 g/mol. The molecule has 0 atom stereocenters. The average Bonchev–Trinajstić information content (AvgIpc) is 3.18. The van der Waals surface area contributed by atoms with Crippen molar-refractivity contribution in [3.63, 3.8) is 0 Å². The second-order valence-corrected chi connectivity index (χ2v) is 6.70. The smallest absolute Gasteiger partial charge is 0.151 e. The van der Waals surface area contributed by atoms with E-state index in [-0.39, 0.29) is 12.3 Å². The van der Waals surface area contributed by atoms with Gasteiger partial charge in [0.2, 0.25) is 0 Å². The molecule has 6 heteroatoms. The molecule has 0 fully saturated rings. The fourth-order valence-corrected chi connectivity index (χ4v) is 3.19. The molecule has 1 aromatic heterocycles. The summed E-state index contributed by atoms with van der Waals surface area (Å²) >= 11 is 0. The van der Waals surface area contributed by atoms with E-state index in [9.17, 15) is 8.78 Å². The van der Waals surface area contributed by atoms with Gasteiger partial charge in [0.25, 0.3) is 0 Å². The van der Waals surface area contributed by atoms with E-state index < -0.39 is 11.6 Å². The molecule has 0 unspecified atom stereocenters. The van der Waals surface area contributed by atoms with E-state index in [0.717, 1.165) is 22.8 Å². The van der Waals surface area contributed by atoms with Crippen LogP contribution in [0.3, 0.4) is 0 Å². The zero-order chi connectivity index (χ0) is 20.2. The van der Waals surface area contributed by atoms with Crippen LogP contribution in [-0.4, -0.2) is 15.0 Å². The van der Waals surface area contributed by atoms with Crippen molar-refractivity contribution in [3.05, 3.63) is 101 Å². The summed E-state index contributed by atoms with van der Waals surface area (Å²) in [5.74, 6) is -1.33. The largest absolute Gasteiger partial charge is 0.370 e. The molecule has 0 amide bonds. The highest BCUT2D eigenvalue weighted by Gasteiger charge is 2.10. The molecular weight excluding hydrogens is 372 g/mol. The zero-order valence-electron chi connectivity index (χ0n) is 15.8. The van der Waals surface area contributed by atoms with Gasteiger partial charge in [-0.3, -0.25) is 0 Å². The van der Waals surface area contributed by atoms with Crippen LogP contribution in [-0.2, 0) is 18.0 Å². The van der Waals surface area contributed by atoms with Crippen LogP contribution in [0.5, 0.6) is 0 Å². The van der Waals surface area contributed by atoms with Gasteiger partial charge in [-0.25, -0.2) is 13.5 Å². The van der Waals surface area contributed by atoms with Gasteiger partial charge in [-0.2, -0.15) is 0 Å². The number of aromatic nitrogens is 3. The lowest BCUT2D eigenvalue weighted by Crippen LogP contribution is -1.99. The summed E-state index contributed by atoms with van der Waals surface area (Å²) < 4.78 is 34.0. The van der Waals surface area contributed by atoms with Crippen molar-refractivity contribution in [1.29, 1.82) is 0 Å². The van der Waals surface area contributed by atoms with Crippen molar-refractivity contribution in [3.8, 4) is 16.8 Å². The molecule has 4 nitrogen and oxygen atoms in total. The van der Waals surface area contributed by atoms with Crippen molar-refractivity contribution < 1.29 is 13.5 Å². The standard InChI is InChI=1S/C23H19F2N3O/c1-16-18(8-5-9-21(16)17-6-3-2-4-7-17)14-29-15-20-13-28(27-26-20)23-11-10-19(24)12-22(23)25/h2-13H,14-15H2,1H3. The predicted molar refractivity (Wildman–Crippen MR) is 106 cm³/mol. The first-order valence-electron chi connectivity index (χ1n) is 9.20. The van der Waals surface area contributed by atoms with Gasteiger partial charge in [0.05, 0.1) is 19.4 Å². The van der Waals surface area contributed by atoms with Crippen molar-refractivity contribution in [2.75, 3.05) is 0 Å². The Labute approximate surface area is 167 Å². The molecule has 0 radical (unpaired) electrons. The highest BCUT2D eigenvalue weighted by molar-refractivity contribution is 5.68. The molecule has 0 saturated heterocycles. The minimum Gasteiger partial charge on any atom is -0.370 e. The minimum atomic E-state index is -0.698. The first-order chi connectivity index (χ1) is 14.1. The lowest BCUT2D eigenvalue weighted by Gasteiger charge is -2.11. The van der Waals surface area contributed by atoms with Crippen LogP contribution in [0.2, 0.25) is 0 Å². The lowest BCUT2D eigenvalue weighted by molar-refractivity contribution is 0.104. The van der Waals surface area contributed by atoms with E-state index in [4.69, 9.17) is 4.74 Å². The lowest BCUT2D eigenvalue weighted by atomic mass is 9.97. The van der Waals surface area contributed by atoms with Gasteiger partial charge in [-0.15, -0.1) is 5.10 Å². The molecule has 4 aromatic rings. The van der Waals surface area contributed by atoms with Gasteiger partial charge in [-0.1, -0.05) is 53.7 Å². The van der Waals surface area contributed by atoms with Gasteiger partial charge in [0.15, 0.2) is 5.82 Å². The number of rotatable bonds is 6. The fourth-order valence-electron chi connectivity index (χ4n) is 3.19. The molecule has 1 heterocycles. The van der Waals surface area contributed by atoms with E-state index >= 15 is 0 Å². The molecule has 0 aliphatic carbocycles. The Kier molecular flexibility index (Phi) is 5.44. The summed E-state index contributed by atoms with van der Waals surface area (Å²) in [5.41, 5.74) is 5.28. The Morgan fingerprint density at radius 3 is 2.55 bits per heavy atom. The molecule has 4 rings (SSSR count). The Bertz CT molecular complexity index is 1130.